The van der Waals surface area contributed by atoms with Gasteiger partial charge in [-0.15, -0.1) is 12.4 Å². The zero-order valence-electron chi connectivity index (χ0n) is 22.2. The van der Waals surface area contributed by atoms with Crippen molar-refractivity contribution in [2.24, 2.45) is 0 Å². The fourth-order valence-corrected chi connectivity index (χ4v) is 6.20. The molecule has 2 fully saturated rings. The molecule has 17 heteroatoms. The lowest BCUT2D eigenvalue weighted by Gasteiger charge is -2.24. The van der Waals surface area contributed by atoms with Gasteiger partial charge in [0.1, 0.15) is 37.3 Å². The van der Waals surface area contributed by atoms with Crippen molar-refractivity contribution >= 4 is 97.4 Å². The number of nitrogens with two attached hydrogens (primary N) is 2. The molecule has 6 rings (SSSR count). The summed E-state index contributed by atoms with van der Waals surface area (Å²) in [6.07, 6.45) is 4.52. The lowest BCUT2D eigenvalue weighted by Crippen LogP contribution is -2.35. The summed E-state index contributed by atoms with van der Waals surface area (Å²) in [6.45, 7) is 8.74. The van der Waals surface area contributed by atoms with Gasteiger partial charge in [-0.25, -0.2) is 34.1 Å². The number of hydrogen-bond acceptors (Lipinski definition) is 11. The smallest absolute Gasteiger partial charge is 0.410 e. The van der Waals surface area contributed by atoms with E-state index in [1.165, 1.54) is 12.7 Å². The summed E-state index contributed by atoms with van der Waals surface area (Å²) in [5.41, 5.74) is 12.8. The summed E-state index contributed by atoms with van der Waals surface area (Å²) in [6, 6.07) is 0.433. The number of nitrogens with one attached hydrogen (secondary N) is 1. The van der Waals surface area contributed by atoms with E-state index in [0.29, 0.717) is 36.4 Å². The van der Waals surface area contributed by atoms with E-state index in [9.17, 15) is 4.79 Å². The van der Waals surface area contributed by atoms with Crippen LogP contribution in [0.1, 0.15) is 45.7 Å². The molecule has 0 aromatic carbocycles. The Bertz CT molecular complexity index is 1520. The molecule has 40 heavy (non-hydrogen) atoms. The molecule has 2 aliphatic heterocycles. The van der Waals surface area contributed by atoms with Crippen molar-refractivity contribution < 1.29 is 9.53 Å². The highest BCUT2D eigenvalue weighted by molar-refractivity contribution is 14.1. The first-order valence-corrected chi connectivity index (χ1v) is 14.7. The molecule has 2 saturated heterocycles. The monoisotopic (exact) mass is 796 g/mol. The van der Waals surface area contributed by atoms with Gasteiger partial charge in [-0.2, -0.15) is 10.2 Å². The van der Waals surface area contributed by atoms with Crippen molar-refractivity contribution in [3.05, 3.63) is 20.1 Å². The standard InChI is InChI=1S/C14H19IN6O2.C9H11IN6.ClH/c1-14(2,3)23-13(22)20-5-4-8(6-20)21-12-9(10(15)19-21)11(16)17-7-18-12;10-7-6-8(11)13-4-14-9(6)16(15-7)5-1-2-12-3-5;/h7-8H,4-6H2,1-3H3,(H2,16,17,18);4-5,12H,1-3H2,(H2,11,13,14);1H. The Morgan fingerprint density at radius 3 is 2.00 bits per heavy atom. The number of carbonyl (C=O) groups is 1. The number of ether oxygens (including phenoxy) is 1. The predicted molar refractivity (Wildman–Crippen MR) is 170 cm³/mol. The number of rotatable bonds is 2. The van der Waals surface area contributed by atoms with Gasteiger partial charge < -0.3 is 26.4 Å². The number of anilines is 2. The van der Waals surface area contributed by atoms with Crippen molar-refractivity contribution in [2.75, 3.05) is 37.6 Å². The van der Waals surface area contributed by atoms with Crippen LogP contribution in [0.3, 0.4) is 0 Å². The molecule has 0 saturated carbocycles. The second-order valence-corrected chi connectivity index (χ2v) is 12.4. The summed E-state index contributed by atoms with van der Waals surface area (Å²) >= 11 is 4.31. The van der Waals surface area contributed by atoms with Gasteiger partial charge in [-0.1, -0.05) is 0 Å². The number of likely N-dealkylation sites (tertiary alicyclic amines) is 1. The van der Waals surface area contributed by atoms with Gasteiger partial charge >= 0.3 is 6.09 Å². The number of amides is 1. The van der Waals surface area contributed by atoms with Gasteiger partial charge in [-0.05, 0) is 85.3 Å². The van der Waals surface area contributed by atoms with Crippen LogP contribution in [0.5, 0.6) is 0 Å². The summed E-state index contributed by atoms with van der Waals surface area (Å²) in [4.78, 5) is 30.5. The van der Waals surface area contributed by atoms with Gasteiger partial charge in [0, 0.05) is 19.6 Å². The van der Waals surface area contributed by atoms with Crippen LogP contribution in [-0.4, -0.2) is 82.3 Å². The average Bonchev–Trinajstić information content (AvgIpc) is 3.65. The van der Waals surface area contributed by atoms with Crippen LogP contribution in [0.25, 0.3) is 22.1 Å². The highest BCUT2D eigenvalue weighted by atomic mass is 127. The Kier molecular flexibility index (Phi) is 9.40. The Morgan fingerprint density at radius 2 is 1.50 bits per heavy atom. The third-order valence-electron chi connectivity index (χ3n) is 6.49. The lowest BCUT2D eigenvalue weighted by molar-refractivity contribution is 0.0288. The molecule has 2 atom stereocenters. The van der Waals surface area contributed by atoms with E-state index in [-0.39, 0.29) is 24.5 Å². The van der Waals surface area contributed by atoms with Gasteiger partial charge in [0.15, 0.2) is 11.3 Å². The summed E-state index contributed by atoms with van der Waals surface area (Å²) in [5.74, 6) is 0.930. The van der Waals surface area contributed by atoms with Gasteiger partial charge in [0.05, 0.1) is 22.9 Å². The minimum Gasteiger partial charge on any atom is -0.444 e. The van der Waals surface area contributed by atoms with Crippen LogP contribution in [0.2, 0.25) is 0 Å². The van der Waals surface area contributed by atoms with E-state index < -0.39 is 5.60 Å². The molecule has 4 aromatic rings. The normalized spacial score (nSPS) is 19.0. The molecule has 1 amide bonds. The predicted octanol–water partition coefficient (Wildman–Crippen LogP) is 3.16. The molecular formula is C23H31ClI2N12O2. The highest BCUT2D eigenvalue weighted by Gasteiger charge is 2.32. The van der Waals surface area contributed by atoms with Crippen molar-refractivity contribution in [2.45, 2.75) is 51.3 Å². The SMILES string of the molecule is CC(C)(C)OC(=O)N1CCC(n2nc(I)c3c(N)ncnc32)C1.Cl.Nc1ncnc2c1c(I)nn2C1CCNC1. The molecule has 14 nitrogen and oxygen atoms in total. The van der Waals surface area contributed by atoms with Gasteiger partial charge in [-0.3, -0.25) is 0 Å². The minimum atomic E-state index is -0.495. The van der Waals surface area contributed by atoms with E-state index in [0.717, 1.165) is 49.8 Å². The first-order valence-electron chi connectivity index (χ1n) is 12.5. The maximum Gasteiger partial charge on any atom is 0.410 e. The molecule has 2 unspecified atom stereocenters. The van der Waals surface area contributed by atoms with Crippen LogP contribution in [-0.2, 0) is 4.74 Å². The molecule has 0 spiro atoms. The topological polar surface area (TPSA) is 181 Å². The Balaban J connectivity index is 0.000000191. The van der Waals surface area contributed by atoms with Crippen LogP contribution in [0, 0.1) is 7.40 Å². The zero-order chi connectivity index (χ0) is 27.9. The minimum absolute atomic E-state index is 0. The number of carbonyl (C=O) groups excluding carboxylic acids is 1. The number of nitrogens with zero attached hydrogens (tertiary/aromatic N) is 9. The largest absolute Gasteiger partial charge is 0.444 e. The van der Waals surface area contributed by atoms with E-state index in [1.54, 1.807) is 4.90 Å². The maximum atomic E-state index is 12.2. The first-order chi connectivity index (χ1) is 18.5. The Hall–Kier alpha value is -2.32. The Labute approximate surface area is 264 Å². The summed E-state index contributed by atoms with van der Waals surface area (Å²) < 4.78 is 10.9. The number of nitrogen functional groups attached to an aromatic ring is 2. The molecule has 0 radical (unpaired) electrons. The van der Waals surface area contributed by atoms with E-state index in [2.05, 4.69) is 80.6 Å². The summed E-state index contributed by atoms with van der Waals surface area (Å²) in [5, 5.41) is 14.0. The molecule has 0 bridgehead atoms. The molecular weight excluding hydrogens is 766 g/mol. The van der Waals surface area contributed by atoms with Crippen LogP contribution in [0.4, 0.5) is 16.4 Å². The molecule has 2 aliphatic rings. The Morgan fingerprint density at radius 1 is 0.950 bits per heavy atom. The quantitative estimate of drug-likeness (QED) is 0.254. The van der Waals surface area contributed by atoms with E-state index in [4.69, 9.17) is 16.2 Å². The molecule has 4 aromatic heterocycles. The second kappa shape index (κ2) is 12.3. The van der Waals surface area contributed by atoms with Crippen molar-refractivity contribution in [3.63, 3.8) is 0 Å². The number of aromatic nitrogens is 8. The third kappa shape index (κ3) is 6.28. The van der Waals surface area contributed by atoms with E-state index in [1.807, 2.05) is 30.1 Å². The van der Waals surface area contributed by atoms with Crippen molar-refractivity contribution in [1.29, 1.82) is 0 Å². The molecule has 5 N–H and O–H groups in total. The zero-order valence-corrected chi connectivity index (χ0v) is 27.3. The van der Waals surface area contributed by atoms with Crippen molar-refractivity contribution in [1.82, 2.24) is 49.7 Å². The highest BCUT2D eigenvalue weighted by Crippen LogP contribution is 2.30. The first kappa shape index (κ1) is 30.6. The summed E-state index contributed by atoms with van der Waals surface area (Å²) in [7, 11) is 0. The number of fused-ring (bicyclic) bond motifs is 2. The van der Waals surface area contributed by atoms with E-state index >= 15 is 0 Å². The average molecular weight is 797 g/mol. The number of hydrogen-bond donors (Lipinski definition) is 3. The van der Waals surface area contributed by atoms with Gasteiger partial charge in [0.2, 0.25) is 0 Å². The van der Waals surface area contributed by atoms with Crippen LogP contribution >= 0.6 is 57.6 Å². The maximum absolute atomic E-state index is 12.2. The lowest BCUT2D eigenvalue weighted by atomic mass is 10.2. The van der Waals surface area contributed by atoms with Crippen LogP contribution in [0.15, 0.2) is 12.7 Å². The number of halogens is 3. The van der Waals surface area contributed by atoms with Crippen molar-refractivity contribution in [3.8, 4) is 0 Å². The molecule has 216 valence electrons. The fraction of sp³-hybridized carbons (Fsp3) is 0.522. The second-order valence-electron chi connectivity index (χ2n) is 10.4. The third-order valence-corrected chi connectivity index (χ3v) is 8.00. The molecule has 0 aliphatic carbocycles. The fourth-order valence-electron chi connectivity index (χ4n) is 4.70. The van der Waals surface area contributed by atoms with Gasteiger partial charge in [0.25, 0.3) is 0 Å². The molecule has 6 heterocycles. The van der Waals surface area contributed by atoms with Crippen LogP contribution < -0.4 is 16.8 Å².